The summed E-state index contributed by atoms with van der Waals surface area (Å²) in [5, 5.41) is 8.74. The van der Waals surface area contributed by atoms with E-state index in [9.17, 15) is 4.79 Å². The van der Waals surface area contributed by atoms with Crippen LogP contribution in [0.4, 0.5) is 0 Å². The van der Waals surface area contributed by atoms with Gasteiger partial charge in [-0.3, -0.25) is 14.5 Å². The van der Waals surface area contributed by atoms with E-state index in [2.05, 4.69) is 15.4 Å². The van der Waals surface area contributed by atoms with Crippen LogP contribution in [0.15, 0.2) is 42.9 Å². The van der Waals surface area contributed by atoms with Crippen LogP contribution in [0.1, 0.15) is 10.5 Å². The minimum atomic E-state index is -0.182. The highest BCUT2D eigenvalue weighted by molar-refractivity contribution is 5.97. The molecule has 0 saturated heterocycles. The Morgan fingerprint density at radius 1 is 1.15 bits per heavy atom. The van der Waals surface area contributed by atoms with Crippen molar-refractivity contribution in [3.63, 3.8) is 0 Å². The molecule has 1 N–H and O–H groups in total. The number of rotatable bonds is 2. The number of aromatic nitrogens is 3. The molecule has 0 fully saturated rings. The average molecular weight is 266 g/mol. The first-order valence-corrected chi connectivity index (χ1v) is 6.28. The number of fused-ring (bicyclic) bond motifs is 1. The van der Waals surface area contributed by atoms with E-state index in [4.69, 9.17) is 0 Å². The predicted octanol–water partition coefficient (Wildman–Crippen LogP) is 1.99. The molecule has 3 aromatic rings. The van der Waals surface area contributed by atoms with Crippen LogP contribution in [0.25, 0.3) is 21.9 Å². The van der Waals surface area contributed by atoms with E-state index >= 15 is 0 Å². The first-order valence-electron chi connectivity index (χ1n) is 6.28. The van der Waals surface area contributed by atoms with Gasteiger partial charge in [-0.1, -0.05) is 12.1 Å². The fourth-order valence-electron chi connectivity index (χ4n) is 2.14. The van der Waals surface area contributed by atoms with Gasteiger partial charge in [0, 0.05) is 37.4 Å². The Kier molecular flexibility index (Phi) is 2.95. The summed E-state index contributed by atoms with van der Waals surface area (Å²) in [5.74, 6) is -0.182. The molecule has 5 nitrogen and oxygen atoms in total. The number of nitrogens with one attached hydrogen (secondary N) is 1. The molecule has 0 aliphatic heterocycles. The maximum absolute atomic E-state index is 11.6. The molecule has 100 valence electrons. The number of nitrogens with zero attached hydrogens (tertiary/aromatic N) is 3. The van der Waals surface area contributed by atoms with E-state index in [1.165, 1.54) is 0 Å². The summed E-state index contributed by atoms with van der Waals surface area (Å²) in [6.07, 6.45) is 5.50. The molecule has 5 heteroatoms. The maximum Gasteiger partial charge on any atom is 0.269 e. The number of pyridine rings is 1. The molecule has 2 heterocycles. The third-order valence-corrected chi connectivity index (χ3v) is 3.22. The fourth-order valence-corrected chi connectivity index (χ4v) is 2.14. The molecule has 2 aromatic heterocycles. The molecule has 0 spiro atoms. The molecule has 0 saturated carbocycles. The molecule has 0 atom stereocenters. The zero-order chi connectivity index (χ0) is 14.1. The van der Waals surface area contributed by atoms with E-state index in [0.29, 0.717) is 5.69 Å². The van der Waals surface area contributed by atoms with Gasteiger partial charge in [-0.15, -0.1) is 0 Å². The van der Waals surface area contributed by atoms with Crippen molar-refractivity contribution in [2.45, 2.75) is 0 Å². The molecular weight excluding hydrogens is 252 g/mol. The Hall–Kier alpha value is -2.69. The van der Waals surface area contributed by atoms with Crippen LogP contribution in [-0.4, -0.2) is 27.7 Å². The van der Waals surface area contributed by atoms with Gasteiger partial charge in [-0.25, -0.2) is 0 Å². The number of benzene rings is 1. The molecule has 0 unspecified atom stereocenters. The third kappa shape index (κ3) is 2.14. The summed E-state index contributed by atoms with van der Waals surface area (Å²) in [6, 6.07) is 7.87. The van der Waals surface area contributed by atoms with Crippen molar-refractivity contribution in [2.24, 2.45) is 7.05 Å². The molecule has 1 amide bonds. The van der Waals surface area contributed by atoms with E-state index in [0.717, 1.165) is 21.9 Å². The molecule has 20 heavy (non-hydrogen) atoms. The molecule has 3 rings (SSSR count). The average Bonchev–Trinajstić information content (AvgIpc) is 2.92. The number of hydrogen-bond donors (Lipinski definition) is 1. The Balaban J connectivity index is 2.11. The van der Waals surface area contributed by atoms with Gasteiger partial charge in [0.25, 0.3) is 5.91 Å². The standard InChI is InChI=1S/C15H14N4O/c1-16-15(20)14-6-12-5-10(3-4-11(12)7-17-14)13-8-18-19(2)9-13/h3-9H,1-2H3,(H,16,20). The van der Waals surface area contributed by atoms with Crippen LogP contribution in [0.5, 0.6) is 0 Å². The minimum absolute atomic E-state index is 0.182. The van der Waals surface area contributed by atoms with E-state index in [1.807, 2.05) is 37.6 Å². The summed E-state index contributed by atoms with van der Waals surface area (Å²) >= 11 is 0. The van der Waals surface area contributed by atoms with Gasteiger partial charge in [0.15, 0.2) is 0 Å². The lowest BCUT2D eigenvalue weighted by molar-refractivity contribution is 0.0958. The van der Waals surface area contributed by atoms with E-state index < -0.39 is 0 Å². The van der Waals surface area contributed by atoms with Gasteiger partial charge in [-0.05, 0) is 23.1 Å². The molecule has 0 aliphatic rings. The van der Waals surface area contributed by atoms with Gasteiger partial charge in [0.1, 0.15) is 5.69 Å². The summed E-state index contributed by atoms with van der Waals surface area (Å²) < 4.78 is 1.77. The quantitative estimate of drug-likeness (QED) is 0.771. The lowest BCUT2D eigenvalue weighted by Crippen LogP contribution is -2.18. The second-order valence-electron chi connectivity index (χ2n) is 4.61. The fraction of sp³-hybridized carbons (Fsp3) is 0.133. The van der Waals surface area contributed by atoms with Crippen LogP contribution < -0.4 is 5.32 Å². The van der Waals surface area contributed by atoms with E-state index in [-0.39, 0.29) is 5.91 Å². The summed E-state index contributed by atoms with van der Waals surface area (Å²) in [7, 11) is 3.48. The number of carbonyl (C=O) groups excluding carboxylic acids is 1. The normalized spacial score (nSPS) is 10.7. The van der Waals surface area contributed by atoms with Crippen LogP contribution >= 0.6 is 0 Å². The van der Waals surface area contributed by atoms with Crippen molar-refractivity contribution in [1.29, 1.82) is 0 Å². The Labute approximate surface area is 116 Å². The minimum Gasteiger partial charge on any atom is -0.354 e. The van der Waals surface area contributed by atoms with Crippen molar-refractivity contribution in [3.05, 3.63) is 48.5 Å². The largest absolute Gasteiger partial charge is 0.354 e. The Morgan fingerprint density at radius 3 is 2.70 bits per heavy atom. The monoisotopic (exact) mass is 266 g/mol. The van der Waals surface area contributed by atoms with Gasteiger partial charge in [0.2, 0.25) is 0 Å². The summed E-state index contributed by atoms with van der Waals surface area (Å²) in [6.45, 7) is 0. The second-order valence-corrected chi connectivity index (χ2v) is 4.61. The lowest BCUT2D eigenvalue weighted by atomic mass is 10.0. The molecule has 0 aliphatic carbocycles. The van der Waals surface area contributed by atoms with Gasteiger partial charge < -0.3 is 5.32 Å². The molecular formula is C15H14N4O. The Morgan fingerprint density at radius 2 is 2.00 bits per heavy atom. The van der Waals surface area contributed by atoms with Crippen LogP contribution in [0.2, 0.25) is 0 Å². The van der Waals surface area contributed by atoms with Gasteiger partial charge >= 0.3 is 0 Å². The van der Waals surface area contributed by atoms with Crippen molar-refractivity contribution in [3.8, 4) is 11.1 Å². The Bertz CT molecular complexity index is 791. The van der Waals surface area contributed by atoms with Crippen molar-refractivity contribution < 1.29 is 4.79 Å². The molecule has 0 radical (unpaired) electrons. The predicted molar refractivity (Wildman–Crippen MR) is 77.3 cm³/mol. The summed E-state index contributed by atoms with van der Waals surface area (Å²) in [4.78, 5) is 15.8. The molecule has 1 aromatic carbocycles. The third-order valence-electron chi connectivity index (χ3n) is 3.22. The highest BCUT2D eigenvalue weighted by Crippen LogP contribution is 2.24. The molecule has 0 bridgehead atoms. The number of hydrogen-bond acceptors (Lipinski definition) is 3. The SMILES string of the molecule is CNC(=O)c1cc2cc(-c3cnn(C)c3)ccc2cn1. The lowest BCUT2D eigenvalue weighted by Gasteiger charge is -2.04. The first kappa shape index (κ1) is 12.3. The first-order chi connectivity index (χ1) is 9.67. The topological polar surface area (TPSA) is 59.8 Å². The van der Waals surface area contributed by atoms with Crippen molar-refractivity contribution in [2.75, 3.05) is 7.05 Å². The number of amides is 1. The second kappa shape index (κ2) is 4.77. The highest BCUT2D eigenvalue weighted by atomic mass is 16.1. The van der Waals surface area contributed by atoms with Crippen LogP contribution in [0, 0.1) is 0 Å². The van der Waals surface area contributed by atoms with Crippen molar-refractivity contribution >= 4 is 16.7 Å². The van der Waals surface area contributed by atoms with Crippen LogP contribution in [0.3, 0.4) is 0 Å². The highest BCUT2D eigenvalue weighted by Gasteiger charge is 2.07. The smallest absolute Gasteiger partial charge is 0.269 e. The van der Waals surface area contributed by atoms with Crippen LogP contribution in [-0.2, 0) is 7.05 Å². The number of carbonyl (C=O) groups is 1. The van der Waals surface area contributed by atoms with Gasteiger partial charge in [-0.2, -0.15) is 5.10 Å². The zero-order valence-corrected chi connectivity index (χ0v) is 11.3. The van der Waals surface area contributed by atoms with Crippen molar-refractivity contribution in [1.82, 2.24) is 20.1 Å². The zero-order valence-electron chi connectivity index (χ0n) is 11.3. The maximum atomic E-state index is 11.6. The summed E-state index contributed by atoms with van der Waals surface area (Å²) in [5.41, 5.74) is 2.54. The van der Waals surface area contributed by atoms with E-state index in [1.54, 1.807) is 24.0 Å². The number of aryl methyl sites for hydroxylation is 1. The van der Waals surface area contributed by atoms with Gasteiger partial charge in [0.05, 0.1) is 6.20 Å².